The molecular weight excluding hydrogens is 350 g/mol. The van der Waals surface area contributed by atoms with Crippen LogP contribution in [0.3, 0.4) is 0 Å². The van der Waals surface area contributed by atoms with Gasteiger partial charge in [0, 0.05) is 20.1 Å². The van der Waals surface area contributed by atoms with E-state index in [1.165, 1.54) is 36.2 Å². The summed E-state index contributed by atoms with van der Waals surface area (Å²) in [7, 11) is 1.37. The Morgan fingerprint density at radius 2 is 2.04 bits per heavy atom. The minimum atomic E-state index is -3.07. The third-order valence-corrected chi connectivity index (χ3v) is 4.18. The van der Waals surface area contributed by atoms with Gasteiger partial charge in [-0.25, -0.2) is 0 Å². The Hall–Kier alpha value is -2.71. The van der Waals surface area contributed by atoms with Gasteiger partial charge in [0.15, 0.2) is 0 Å². The monoisotopic (exact) mass is 370 g/mol. The summed E-state index contributed by atoms with van der Waals surface area (Å²) in [5.41, 5.74) is -0.0786. The van der Waals surface area contributed by atoms with Gasteiger partial charge in [-0.05, 0) is 25.0 Å². The predicted octanol–water partition coefficient (Wildman–Crippen LogP) is 1.68. The van der Waals surface area contributed by atoms with Gasteiger partial charge in [-0.2, -0.15) is 8.78 Å². The fraction of sp³-hybridized carbons (Fsp3) is 0.471. The fourth-order valence-electron chi connectivity index (χ4n) is 2.83. The number of piperidine rings is 1. The summed E-state index contributed by atoms with van der Waals surface area (Å²) in [6.45, 7) is -2.83. The molecule has 0 radical (unpaired) electrons. The Kier molecular flexibility index (Phi) is 6.48. The lowest BCUT2D eigenvalue weighted by Crippen LogP contribution is -2.46. The number of amides is 2. The van der Waals surface area contributed by atoms with Crippen LogP contribution in [0.1, 0.15) is 23.2 Å². The number of carboxylic acid groups (broad SMARTS) is 1. The zero-order valence-corrected chi connectivity index (χ0v) is 14.2. The first-order valence-electron chi connectivity index (χ1n) is 8.09. The van der Waals surface area contributed by atoms with E-state index in [1.54, 1.807) is 0 Å². The Morgan fingerprint density at radius 3 is 2.69 bits per heavy atom. The maximum atomic E-state index is 12.5. The summed E-state index contributed by atoms with van der Waals surface area (Å²) in [5, 5.41) is 9.08. The summed E-state index contributed by atoms with van der Waals surface area (Å²) < 4.78 is 29.3. The maximum Gasteiger partial charge on any atom is 0.387 e. The number of halogens is 2. The van der Waals surface area contributed by atoms with Gasteiger partial charge in [-0.1, -0.05) is 12.1 Å². The molecule has 1 atom stereocenters. The SMILES string of the molecule is CN(CC(=O)N1CCCC(C(=O)O)C1)C(=O)c1ccccc1OC(F)F. The van der Waals surface area contributed by atoms with Gasteiger partial charge in [-0.15, -0.1) is 0 Å². The number of aliphatic carboxylic acids is 1. The lowest BCUT2D eigenvalue weighted by molar-refractivity contribution is -0.145. The summed E-state index contributed by atoms with van der Waals surface area (Å²) in [6, 6.07) is 5.54. The first kappa shape index (κ1) is 19.6. The summed E-state index contributed by atoms with van der Waals surface area (Å²) in [4.78, 5) is 38.4. The fourth-order valence-corrected chi connectivity index (χ4v) is 2.83. The lowest BCUT2D eigenvalue weighted by atomic mass is 9.98. The van der Waals surface area contributed by atoms with Crippen molar-refractivity contribution >= 4 is 17.8 Å². The molecule has 0 aromatic heterocycles. The Morgan fingerprint density at radius 1 is 1.35 bits per heavy atom. The van der Waals surface area contributed by atoms with Crippen molar-refractivity contribution in [2.24, 2.45) is 5.92 Å². The van der Waals surface area contributed by atoms with Crippen LogP contribution in [0.5, 0.6) is 5.75 Å². The smallest absolute Gasteiger partial charge is 0.387 e. The highest BCUT2D eigenvalue weighted by molar-refractivity contribution is 5.98. The molecule has 7 nitrogen and oxygen atoms in total. The minimum absolute atomic E-state index is 0.0786. The van der Waals surface area contributed by atoms with E-state index in [-0.39, 0.29) is 30.3 Å². The summed E-state index contributed by atoms with van der Waals surface area (Å²) >= 11 is 0. The highest BCUT2D eigenvalue weighted by atomic mass is 19.3. The number of carbonyl (C=O) groups is 3. The number of likely N-dealkylation sites (N-methyl/N-ethyl adjacent to an activating group) is 1. The van der Waals surface area contributed by atoms with E-state index in [4.69, 9.17) is 5.11 Å². The van der Waals surface area contributed by atoms with Crippen molar-refractivity contribution in [1.29, 1.82) is 0 Å². The molecule has 0 bridgehead atoms. The highest BCUT2D eigenvalue weighted by Gasteiger charge is 2.29. The van der Waals surface area contributed by atoms with E-state index in [1.807, 2.05) is 0 Å². The van der Waals surface area contributed by atoms with E-state index < -0.39 is 24.4 Å². The molecule has 1 unspecified atom stereocenters. The molecule has 1 aromatic rings. The van der Waals surface area contributed by atoms with E-state index in [0.29, 0.717) is 19.4 Å². The van der Waals surface area contributed by atoms with Gasteiger partial charge < -0.3 is 19.6 Å². The van der Waals surface area contributed by atoms with Crippen LogP contribution in [0.25, 0.3) is 0 Å². The molecule has 2 amide bonds. The Bertz CT molecular complexity index is 683. The van der Waals surface area contributed by atoms with Crippen LogP contribution in [0.2, 0.25) is 0 Å². The second-order valence-electron chi connectivity index (χ2n) is 6.05. The van der Waals surface area contributed by atoms with E-state index >= 15 is 0 Å². The first-order valence-corrected chi connectivity index (χ1v) is 8.09. The third kappa shape index (κ3) is 4.90. The van der Waals surface area contributed by atoms with Crippen molar-refractivity contribution in [2.45, 2.75) is 19.5 Å². The van der Waals surface area contributed by atoms with Gasteiger partial charge >= 0.3 is 12.6 Å². The number of alkyl halides is 2. The Balaban J connectivity index is 2.03. The standard InChI is InChI=1S/C17H20F2N2O5/c1-20(10-14(22)21-8-4-5-11(9-21)16(24)25)15(23)12-6-2-3-7-13(12)26-17(18)19/h2-3,6-7,11,17H,4-5,8-10H2,1H3,(H,24,25). The average Bonchev–Trinajstić information content (AvgIpc) is 2.61. The second kappa shape index (κ2) is 8.59. The number of carbonyl (C=O) groups excluding carboxylic acids is 2. The molecule has 1 heterocycles. The summed E-state index contributed by atoms with van der Waals surface area (Å²) in [5.74, 6) is -2.87. The number of para-hydroxylation sites is 1. The van der Waals surface area contributed by atoms with Gasteiger partial charge in [-0.3, -0.25) is 14.4 Å². The largest absolute Gasteiger partial charge is 0.481 e. The molecule has 1 N–H and O–H groups in total. The molecular formula is C17H20F2N2O5. The van der Waals surface area contributed by atoms with E-state index in [2.05, 4.69) is 4.74 Å². The molecule has 1 aliphatic rings. The molecule has 0 spiro atoms. The molecule has 1 saturated heterocycles. The van der Waals surface area contributed by atoms with Crippen LogP contribution in [0, 0.1) is 5.92 Å². The maximum absolute atomic E-state index is 12.5. The van der Waals surface area contributed by atoms with Crippen molar-refractivity contribution in [3.05, 3.63) is 29.8 Å². The van der Waals surface area contributed by atoms with Crippen LogP contribution in [0.4, 0.5) is 8.78 Å². The molecule has 1 aliphatic heterocycles. The van der Waals surface area contributed by atoms with Crippen LogP contribution in [-0.4, -0.2) is 66.0 Å². The quantitative estimate of drug-likeness (QED) is 0.823. The van der Waals surface area contributed by atoms with E-state index in [9.17, 15) is 23.2 Å². The molecule has 1 aromatic carbocycles. The van der Waals surface area contributed by atoms with Gasteiger partial charge in [0.25, 0.3) is 5.91 Å². The van der Waals surface area contributed by atoms with Gasteiger partial charge in [0.05, 0.1) is 18.0 Å². The molecule has 1 fully saturated rings. The number of likely N-dealkylation sites (tertiary alicyclic amines) is 1. The molecule has 9 heteroatoms. The normalized spacial score (nSPS) is 17.1. The number of nitrogens with zero attached hydrogens (tertiary/aromatic N) is 2. The molecule has 0 aliphatic carbocycles. The second-order valence-corrected chi connectivity index (χ2v) is 6.05. The number of hydrogen-bond donors (Lipinski definition) is 1. The molecule has 26 heavy (non-hydrogen) atoms. The topological polar surface area (TPSA) is 87.2 Å². The van der Waals surface area contributed by atoms with Crippen molar-refractivity contribution < 1.29 is 33.0 Å². The number of rotatable bonds is 6. The van der Waals surface area contributed by atoms with Crippen molar-refractivity contribution in [3.63, 3.8) is 0 Å². The molecule has 0 saturated carbocycles. The zero-order chi connectivity index (χ0) is 19.3. The van der Waals surface area contributed by atoms with Crippen molar-refractivity contribution in [3.8, 4) is 5.75 Å². The Labute approximate surface area is 149 Å². The first-order chi connectivity index (χ1) is 12.3. The van der Waals surface area contributed by atoms with Gasteiger partial charge in [0.1, 0.15) is 5.75 Å². The molecule has 2 rings (SSSR count). The van der Waals surface area contributed by atoms with Crippen LogP contribution < -0.4 is 4.74 Å². The van der Waals surface area contributed by atoms with E-state index in [0.717, 1.165) is 4.90 Å². The van der Waals surface area contributed by atoms with Crippen LogP contribution >= 0.6 is 0 Å². The third-order valence-electron chi connectivity index (χ3n) is 4.18. The number of ether oxygens (including phenoxy) is 1. The number of benzene rings is 1. The molecule has 142 valence electrons. The minimum Gasteiger partial charge on any atom is -0.481 e. The number of carboxylic acids is 1. The van der Waals surface area contributed by atoms with Crippen molar-refractivity contribution in [2.75, 3.05) is 26.7 Å². The number of hydrogen-bond acceptors (Lipinski definition) is 4. The average molecular weight is 370 g/mol. The predicted molar refractivity (Wildman–Crippen MR) is 87.0 cm³/mol. The van der Waals surface area contributed by atoms with Gasteiger partial charge in [0.2, 0.25) is 5.91 Å². The van der Waals surface area contributed by atoms with Crippen molar-refractivity contribution in [1.82, 2.24) is 9.80 Å². The summed E-state index contributed by atoms with van der Waals surface area (Å²) in [6.07, 6.45) is 1.08. The van der Waals surface area contributed by atoms with Crippen LogP contribution in [0.15, 0.2) is 24.3 Å². The zero-order valence-electron chi connectivity index (χ0n) is 14.2. The highest BCUT2D eigenvalue weighted by Crippen LogP contribution is 2.22. The lowest BCUT2D eigenvalue weighted by Gasteiger charge is -2.32. The van der Waals surface area contributed by atoms with Crippen LogP contribution in [-0.2, 0) is 9.59 Å².